The van der Waals surface area contributed by atoms with Crippen LogP contribution in [0.2, 0.25) is 0 Å². The molecular weight excluding hydrogens is 393 g/mol. The Bertz CT molecular complexity index is 1010. The second kappa shape index (κ2) is 7.16. The molecule has 158 valence electrons. The first-order valence-electron chi connectivity index (χ1n) is 9.87. The molecule has 0 spiro atoms. The maximum absolute atomic E-state index is 14.0. The number of benzene rings is 2. The van der Waals surface area contributed by atoms with E-state index in [1.807, 2.05) is 4.90 Å². The SMILES string of the molecule is C=C(C)NC(=O)C1CCN(c2ccc3c(c2)C(O)(C(F)(F)F)c2ccccc2-3)CC1. The van der Waals surface area contributed by atoms with Crippen LogP contribution in [-0.4, -0.2) is 30.3 Å². The van der Waals surface area contributed by atoms with Crippen LogP contribution in [0, 0.1) is 5.92 Å². The molecule has 0 saturated carbocycles. The molecule has 1 aliphatic heterocycles. The number of halogens is 3. The van der Waals surface area contributed by atoms with Crippen LogP contribution in [0.1, 0.15) is 30.9 Å². The fourth-order valence-electron chi connectivity index (χ4n) is 4.46. The monoisotopic (exact) mass is 416 g/mol. The van der Waals surface area contributed by atoms with E-state index in [2.05, 4.69) is 11.9 Å². The summed E-state index contributed by atoms with van der Waals surface area (Å²) in [5.41, 5.74) is -1.32. The van der Waals surface area contributed by atoms with Gasteiger partial charge in [-0.05, 0) is 43.0 Å². The Morgan fingerprint density at radius 2 is 1.77 bits per heavy atom. The van der Waals surface area contributed by atoms with Gasteiger partial charge in [0.05, 0.1) is 0 Å². The molecule has 2 N–H and O–H groups in total. The number of aliphatic hydroxyl groups is 1. The standard InChI is InChI=1S/C23H23F3N2O2/c1-14(2)27-21(29)15-9-11-28(12-10-15)16-7-8-18-17-5-3-4-6-19(17)22(30,20(18)13-16)23(24,25)26/h3-8,13,15,30H,1,9-12H2,2H3,(H,27,29). The minimum absolute atomic E-state index is 0.0713. The lowest BCUT2D eigenvalue weighted by Crippen LogP contribution is -2.42. The predicted molar refractivity (Wildman–Crippen MR) is 109 cm³/mol. The number of hydrogen-bond donors (Lipinski definition) is 2. The fraction of sp³-hybridized carbons (Fsp3) is 0.348. The van der Waals surface area contributed by atoms with Crippen LogP contribution < -0.4 is 10.2 Å². The van der Waals surface area contributed by atoms with Crippen molar-refractivity contribution >= 4 is 11.6 Å². The molecule has 0 aromatic heterocycles. The van der Waals surface area contributed by atoms with Crippen molar-refractivity contribution < 1.29 is 23.1 Å². The third-order valence-electron chi connectivity index (χ3n) is 5.98. The van der Waals surface area contributed by atoms with Crippen LogP contribution in [-0.2, 0) is 10.4 Å². The Kier molecular flexibility index (Phi) is 4.89. The highest BCUT2D eigenvalue weighted by Crippen LogP contribution is 2.55. The largest absolute Gasteiger partial charge is 0.425 e. The molecule has 1 amide bonds. The van der Waals surface area contributed by atoms with E-state index in [-0.39, 0.29) is 23.0 Å². The first-order chi connectivity index (χ1) is 14.1. The number of anilines is 1. The van der Waals surface area contributed by atoms with Gasteiger partial charge < -0.3 is 15.3 Å². The normalized spacial score (nSPS) is 21.2. The summed E-state index contributed by atoms with van der Waals surface area (Å²) in [6.45, 7) is 6.49. The minimum atomic E-state index is -4.85. The second-order valence-electron chi connectivity index (χ2n) is 8.01. The predicted octanol–water partition coefficient (Wildman–Crippen LogP) is 4.33. The lowest BCUT2D eigenvalue weighted by molar-refractivity contribution is -0.246. The summed E-state index contributed by atoms with van der Waals surface area (Å²) in [5.74, 6) is -0.221. The molecule has 1 heterocycles. The van der Waals surface area contributed by atoms with Gasteiger partial charge in [-0.15, -0.1) is 0 Å². The van der Waals surface area contributed by atoms with Gasteiger partial charge in [-0.25, -0.2) is 0 Å². The average molecular weight is 416 g/mol. The van der Waals surface area contributed by atoms with Crippen LogP contribution in [0.4, 0.5) is 18.9 Å². The van der Waals surface area contributed by atoms with Gasteiger partial charge >= 0.3 is 6.18 Å². The molecule has 0 bridgehead atoms. The molecule has 30 heavy (non-hydrogen) atoms. The van der Waals surface area contributed by atoms with E-state index in [1.54, 1.807) is 31.2 Å². The maximum atomic E-state index is 14.0. The highest BCUT2D eigenvalue weighted by atomic mass is 19.4. The number of fused-ring (bicyclic) bond motifs is 3. The number of hydrogen-bond acceptors (Lipinski definition) is 3. The molecule has 7 heteroatoms. The number of nitrogens with zero attached hydrogens (tertiary/aromatic N) is 1. The Hall–Kier alpha value is -2.80. The maximum Gasteiger partial charge on any atom is 0.425 e. The third kappa shape index (κ3) is 3.17. The number of carbonyl (C=O) groups excluding carboxylic acids is 1. The van der Waals surface area contributed by atoms with Crippen molar-refractivity contribution in [2.75, 3.05) is 18.0 Å². The lowest BCUT2D eigenvalue weighted by Gasteiger charge is -2.34. The topological polar surface area (TPSA) is 52.6 Å². The average Bonchev–Trinajstić information content (AvgIpc) is 2.97. The van der Waals surface area contributed by atoms with Crippen molar-refractivity contribution in [1.82, 2.24) is 5.32 Å². The minimum Gasteiger partial charge on any atom is -0.372 e. The molecule has 2 aromatic rings. The molecule has 1 fully saturated rings. The van der Waals surface area contributed by atoms with Crippen LogP contribution >= 0.6 is 0 Å². The Balaban J connectivity index is 1.63. The van der Waals surface area contributed by atoms with Crippen molar-refractivity contribution in [2.45, 2.75) is 31.5 Å². The van der Waals surface area contributed by atoms with Crippen molar-refractivity contribution in [3.05, 3.63) is 65.9 Å². The van der Waals surface area contributed by atoms with Gasteiger partial charge in [0.15, 0.2) is 0 Å². The van der Waals surface area contributed by atoms with Crippen LogP contribution in [0.3, 0.4) is 0 Å². The van der Waals surface area contributed by atoms with E-state index in [4.69, 9.17) is 0 Å². The van der Waals surface area contributed by atoms with E-state index in [9.17, 15) is 23.1 Å². The number of carbonyl (C=O) groups is 1. The molecule has 4 nitrogen and oxygen atoms in total. The summed E-state index contributed by atoms with van der Waals surface area (Å²) in [5, 5.41) is 13.6. The lowest BCUT2D eigenvalue weighted by atomic mass is 9.90. The molecule has 2 aromatic carbocycles. The summed E-state index contributed by atoms with van der Waals surface area (Å²) in [6, 6.07) is 11.0. The van der Waals surface area contributed by atoms with Gasteiger partial charge in [0.1, 0.15) is 0 Å². The van der Waals surface area contributed by atoms with Crippen molar-refractivity contribution in [3.8, 4) is 11.1 Å². The summed E-state index contributed by atoms with van der Waals surface area (Å²) < 4.78 is 42.0. The Morgan fingerprint density at radius 1 is 1.13 bits per heavy atom. The van der Waals surface area contributed by atoms with E-state index >= 15 is 0 Å². The highest BCUT2D eigenvalue weighted by molar-refractivity contribution is 5.83. The number of piperidine rings is 1. The van der Waals surface area contributed by atoms with Crippen LogP contribution in [0.25, 0.3) is 11.1 Å². The molecule has 1 aliphatic carbocycles. The van der Waals surface area contributed by atoms with E-state index in [0.29, 0.717) is 48.4 Å². The molecule has 1 unspecified atom stereocenters. The van der Waals surface area contributed by atoms with Crippen LogP contribution in [0.15, 0.2) is 54.7 Å². The number of rotatable bonds is 3. The van der Waals surface area contributed by atoms with Gasteiger partial charge in [-0.3, -0.25) is 4.79 Å². The van der Waals surface area contributed by atoms with Gasteiger partial charge in [0.2, 0.25) is 11.5 Å². The summed E-state index contributed by atoms with van der Waals surface area (Å²) in [4.78, 5) is 14.1. The summed E-state index contributed by atoms with van der Waals surface area (Å²) >= 11 is 0. The molecule has 4 rings (SSSR count). The zero-order chi connectivity index (χ0) is 21.7. The molecule has 1 saturated heterocycles. The summed E-state index contributed by atoms with van der Waals surface area (Å²) in [7, 11) is 0. The van der Waals surface area contributed by atoms with Crippen molar-refractivity contribution in [3.63, 3.8) is 0 Å². The first kappa shape index (κ1) is 20.5. The Morgan fingerprint density at radius 3 is 2.40 bits per heavy atom. The quantitative estimate of drug-likeness (QED) is 0.783. The van der Waals surface area contributed by atoms with E-state index in [1.165, 1.54) is 18.2 Å². The van der Waals surface area contributed by atoms with Gasteiger partial charge in [0, 0.05) is 41.5 Å². The van der Waals surface area contributed by atoms with E-state index in [0.717, 1.165) is 0 Å². The smallest absolute Gasteiger partial charge is 0.372 e. The molecular formula is C23H23F3N2O2. The number of nitrogens with one attached hydrogen (secondary N) is 1. The molecule has 0 radical (unpaired) electrons. The van der Waals surface area contributed by atoms with E-state index < -0.39 is 11.8 Å². The van der Waals surface area contributed by atoms with Gasteiger partial charge in [0.25, 0.3) is 0 Å². The zero-order valence-electron chi connectivity index (χ0n) is 16.6. The molecule has 1 atom stereocenters. The highest BCUT2D eigenvalue weighted by Gasteiger charge is 2.60. The number of allylic oxidation sites excluding steroid dienone is 1. The molecule has 2 aliphatic rings. The van der Waals surface area contributed by atoms with Gasteiger partial charge in [-0.1, -0.05) is 36.9 Å². The third-order valence-corrected chi connectivity index (χ3v) is 5.98. The fourth-order valence-corrected chi connectivity index (χ4v) is 4.46. The zero-order valence-corrected chi connectivity index (χ0v) is 16.6. The van der Waals surface area contributed by atoms with Crippen molar-refractivity contribution in [2.24, 2.45) is 5.92 Å². The number of amides is 1. The summed E-state index contributed by atoms with van der Waals surface area (Å²) in [6.07, 6.45) is -3.65. The van der Waals surface area contributed by atoms with Gasteiger partial charge in [-0.2, -0.15) is 13.2 Å². The second-order valence-corrected chi connectivity index (χ2v) is 8.01. The van der Waals surface area contributed by atoms with Crippen LogP contribution in [0.5, 0.6) is 0 Å². The Labute approximate surface area is 173 Å². The van der Waals surface area contributed by atoms with Crippen molar-refractivity contribution in [1.29, 1.82) is 0 Å². The first-order valence-corrected chi connectivity index (χ1v) is 9.87. The number of alkyl halides is 3.